The van der Waals surface area contributed by atoms with Gasteiger partial charge >= 0.3 is 0 Å². The van der Waals surface area contributed by atoms with E-state index in [0.717, 1.165) is 45.2 Å². The molecular formula is C18H30IN3OS. The van der Waals surface area contributed by atoms with E-state index in [1.807, 2.05) is 11.8 Å². The lowest BCUT2D eigenvalue weighted by molar-refractivity contribution is 0.181. The topological polar surface area (TPSA) is 36.9 Å². The molecule has 1 aliphatic rings. The molecule has 1 aromatic rings. The number of hydrogen-bond acceptors (Lipinski definition) is 3. The molecule has 2 unspecified atom stereocenters. The highest BCUT2D eigenvalue weighted by Crippen LogP contribution is 2.22. The van der Waals surface area contributed by atoms with E-state index in [4.69, 9.17) is 9.73 Å². The van der Waals surface area contributed by atoms with E-state index < -0.39 is 0 Å². The molecule has 6 heteroatoms. The summed E-state index contributed by atoms with van der Waals surface area (Å²) in [6.45, 7) is 8.84. The third kappa shape index (κ3) is 7.61. The van der Waals surface area contributed by atoms with E-state index >= 15 is 0 Å². The second-order valence-corrected chi connectivity index (χ2v) is 7.56. The molecule has 1 aromatic carbocycles. The van der Waals surface area contributed by atoms with Crippen LogP contribution in [0.4, 0.5) is 0 Å². The third-order valence-electron chi connectivity index (χ3n) is 3.83. The molecule has 1 fully saturated rings. The van der Waals surface area contributed by atoms with Crippen molar-refractivity contribution < 1.29 is 4.74 Å². The Morgan fingerprint density at radius 2 is 2.17 bits per heavy atom. The maximum absolute atomic E-state index is 5.47. The number of guanidine groups is 1. The fourth-order valence-electron chi connectivity index (χ4n) is 2.65. The smallest absolute Gasteiger partial charge is 0.193 e. The molecule has 0 aromatic heterocycles. The van der Waals surface area contributed by atoms with Crippen LogP contribution in [-0.4, -0.2) is 56.0 Å². The van der Waals surface area contributed by atoms with Gasteiger partial charge < -0.3 is 15.0 Å². The van der Waals surface area contributed by atoms with E-state index in [-0.39, 0.29) is 24.0 Å². The second kappa shape index (κ2) is 12.0. The van der Waals surface area contributed by atoms with Crippen LogP contribution < -0.4 is 5.32 Å². The van der Waals surface area contributed by atoms with Crippen LogP contribution in [0, 0.1) is 5.92 Å². The number of nitrogens with one attached hydrogen (secondary N) is 1. The molecule has 4 nitrogen and oxygen atoms in total. The van der Waals surface area contributed by atoms with Crippen LogP contribution in [0.1, 0.15) is 20.3 Å². The largest absolute Gasteiger partial charge is 0.381 e. The van der Waals surface area contributed by atoms with Gasteiger partial charge in [0.1, 0.15) is 0 Å². The summed E-state index contributed by atoms with van der Waals surface area (Å²) in [5.41, 5.74) is 0. The van der Waals surface area contributed by atoms with E-state index in [2.05, 4.69) is 61.4 Å². The standard InChI is InChI=1S/C18H29N3OS.HI/c1-4-19-18(21(3)13-16-10-11-22-14-16)20-12-15(2)23-17-8-6-5-7-9-17;/h5-9,15-16H,4,10-14H2,1-3H3,(H,19,20);1H. The number of benzene rings is 1. The number of hydrogen-bond donors (Lipinski definition) is 1. The quantitative estimate of drug-likeness (QED) is 0.290. The van der Waals surface area contributed by atoms with Crippen LogP contribution in [0.5, 0.6) is 0 Å². The van der Waals surface area contributed by atoms with Gasteiger partial charge in [-0.15, -0.1) is 35.7 Å². The lowest BCUT2D eigenvalue weighted by atomic mass is 10.1. The first-order chi connectivity index (χ1) is 11.2. The summed E-state index contributed by atoms with van der Waals surface area (Å²) in [6.07, 6.45) is 1.16. The molecule has 0 saturated carbocycles. The molecule has 1 N–H and O–H groups in total. The summed E-state index contributed by atoms with van der Waals surface area (Å²) >= 11 is 1.87. The molecule has 0 radical (unpaired) electrons. The van der Waals surface area contributed by atoms with Gasteiger partial charge in [0.05, 0.1) is 13.2 Å². The normalized spacial score (nSPS) is 18.8. The van der Waals surface area contributed by atoms with Crippen molar-refractivity contribution in [1.82, 2.24) is 10.2 Å². The Kier molecular flexibility index (Phi) is 10.8. The minimum atomic E-state index is 0. The lowest BCUT2D eigenvalue weighted by Gasteiger charge is -2.25. The van der Waals surface area contributed by atoms with Crippen LogP contribution >= 0.6 is 35.7 Å². The number of thioether (sulfide) groups is 1. The highest BCUT2D eigenvalue weighted by Gasteiger charge is 2.19. The van der Waals surface area contributed by atoms with Crippen molar-refractivity contribution in [3.05, 3.63) is 30.3 Å². The predicted octanol–water partition coefficient (Wildman–Crippen LogP) is 3.72. The Morgan fingerprint density at radius 3 is 2.79 bits per heavy atom. The van der Waals surface area contributed by atoms with E-state index in [1.54, 1.807) is 0 Å². The first-order valence-electron chi connectivity index (χ1n) is 8.48. The zero-order chi connectivity index (χ0) is 16.5. The fourth-order valence-corrected chi connectivity index (χ4v) is 3.58. The number of nitrogens with zero attached hydrogens (tertiary/aromatic N) is 2. The van der Waals surface area contributed by atoms with Crippen molar-refractivity contribution in [2.24, 2.45) is 10.9 Å². The van der Waals surface area contributed by atoms with Gasteiger partial charge in [0, 0.05) is 42.8 Å². The van der Waals surface area contributed by atoms with Crippen molar-refractivity contribution in [1.29, 1.82) is 0 Å². The van der Waals surface area contributed by atoms with Gasteiger partial charge in [-0.25, -0.2) is 0 Å². The summed E-state index contributed by atoms with van der Waals surface area (Å²) in [7, 11) is 2.12. The Bertz CT molecular complexity index is 480. The van der Waals surface area contributed by atoms with Crippen LogP contribution in [-0.2, 0) is 4.74 Å². The number of rotatable bonds is 7. The second-order valence-electron chi connectivity index (χ2n) is 6.05. The number of ether oxygens (including phenoxy) is 1. The van der Waals surface area contributed by atoms with Crippen molar-refractivity contribution in [3.63, 3.8) is 0 Å². The summed E-state index contributed by atoms with van der Waals surface area (Å²) in [5.74, 6) is 1.62. The lowest BCUT2D eigenvalue weighted by Crippen LogP contribution is -2.41. The first kappa shape index (κ1) is 21.6. The molecule has 1 aliphatic heterocycles. The SMILES string of the molecule is CCNC(=NCC(C)Sc1ccccc1)N(C)CC1CCOC1.I. The van der Waals surface area contributed by atoms with E-state index in [1.165, 1.54) is 4.90 Å². The fraction of sp³-hybridized carbons (Fsp3) is 0.611. The highest BCUT2D eigenvalue weighted by atomic mass is 127. The van der Waals surface area contributed by atoms with Gasteiger partial charge in [0.15, 0.2) is 5.96 Å². The maximum Gasteiger partial charge on any atom is 0.193 e. The van der Waals surface area contributed by atoms with Crippen molar-refractivity contribution >= 4 is 41.7 Å². The Morgan fingerprint density at radius 1 is 1.42 bits per heavy atom. The van der Waals surface area contributed by atoms with Gasteiger partial charge in [0.25, 0.3) is 0 Å². The Labute approximate surface area is 167 Å². The average Bonchev–Trinajstić information content (AvgIpc) is 3.05. The molecule has 0 aliphatic carbocycles. The maximum atomic E-state index is 5.47. The minimum Gasteiger partial charge on any atom is -0.381 e. The van der Waals surface area contributed by atoms with Crippen molar-refractivity contribution in [3.8, 4) is 0 Å². The van der Waals surface area contributed by atoms with E-state index in [9.17, 15) is 0 Å². The van der Waals surface area contributed by atoms with Gasteiger partial charge in [-0.2, -0.15) is 0 Å². The van der Waals surface area contributed by atoms with Crippen LogP contribution in [0.2, 0.25) is 0 Å². The Balaban J connectivity index is 0.00000288. The molecule has 136 valence electrons. The molecule has 1 heterocycles. The monoisotopic (exact) mass is 463 g/mol. The van der Waals surface area contributed by atoms with Gasteiger partial charge in [-0.1, -0.05) is 25.1 Å². The molecule has 0 spiro atoms. The zero-order valence-electron chi connectivity index (χ0n) is 14.9. The summed E-state index contributed by atoms with van der Waals surface area (Å²) in [6, 6.07) is 10.5. The van der Waals surface area contributed by atoms with E-state index in [0.29, 0.717) is 11.2 Å². The van der Waals surface area contributed by atoms with Crippen molar-refractivity contribution in [2.45, 2.75) is 30.4 Å². The van der Waals surface area contributed by atoms with Gasteiger partial charge in [0.2, 0.25) is 0 Å². The third-order valence-corrected chi connectivity index (χ3v) is 4.93. The summed E-state index contributed by atoms with van der Waals surface area (Å²) in [5, 5.41) is 3.85. The van der Waals surface area contributed by atoms with Crippen LogP contribution in [0.3, 0.4) is 0 Å². The number of halogens is 1. The van der Waals surface area contributed by atoms with Crippen LogP contribution in [0.25, 0.3) is 0 Å². The molecule has 2 rings (SSSR count). The highest BCUT2D eigenvalue weighted by molar-refractivity contribution is 14.0. The van der Waals surface area contributed by atoms with Crippen LogP contribution in [0.15, 0.2) is 40.2 Å². The van der Waals surface area contributed by atoms with Gasteiger partial charge in [-0.3, -0.25) is 4.99 Å². The summed E-state index contributed by atoms with van der Waals surface area (Å²) < 4.78 is 5.47. The molecule has 0 bridgehead atoms. The van der Waals surface area contributed by atoms with Crippen molar-refractivity contribution in [2.75, 3.05) is 39.9 Å². The first-order valence-corrected chi connectivity index (χ1v) is 9.36. The minimum absolute atomic E-state index is 0. The molecule has 2 atom stereocenters. The molecule has 1 saturated heterocycles. The molecule has 0 amide bonds. The molecular weight excluding hydrogens is 433 g/mol. The zero-order valence-corrected chi connectivity index (χ0v) is 18.1. The summed E-state index contributed by atoms with van der Waals surface area (Å²) in [4.78, 5) is 8.36. The molecule has 24 heavy (non-hydrogen) atoms. The predicted molar refractivity (Wildman–Crippen MR) is 115 cm³/mol. The van der Waals surface area contributed by atoms with Gasteiger partial charge in [-0.05, 0) is 25.5 Å². The number of aliphatic imine (C=N–C) groups is 1. The average molecular weight is 463 g/mol. The Hall–Kier alpha value is -0.470.